The maximum atomic E-state index is 11.7. The van der Waals surface area contributed by atoms with Crippen molar-refractivity contribution in [1.82, 2.24) is 10.3 Å². The van der Waals surface area contributed by atoms with Crippen LogP contribution in [0.3, 0.4) is 0 Å². The summed E-state index contributed by atoms with van der Waals surface area (Å²) in [6.07, 6.45) is 1.68. The largest absolute Gasteiger partial charge is 0.342 e. The number of carbonyl (C=O) groups excluding carboxylic acids is 2. The number of hydrogen-bond acceptors (Lipinski definition) is 3. The van der Waals surface area contributed by atoms with Gasteiger partial charge in [0.1, 0.15) is 0 Å². The summed E-state index contributed by atoms with van der Waals surface area (Å²) in [5.41, 5.74) is 2.15. The Morgan fingerprint density at radius 2 is 2.13 bits per heavy atom. The molecular formula is C10H19N3O2. The van der Waals surface area contributed by atoms with Crippen molar-refractivity contribution in [3.8, 4) is 0 Å². The fourth-order valence-electron chi connectivity index (χ4n) is 1.87. The summed E-state index contributed by atoms with van der Waals surface area (Å²) < 4.78 is 0. The Morgan fingerprint density at radius 3 is 2.67 bits per heavy atom. The number of likely N-dealkylation sites (tertiary alicyclic amines) is 1. The third-order valence-electron chi connectivity index (χ3n) is 2.74. The minimum Gasteiger partial charge on any atom is -0.342 e. The summed E-state index contributed by atoms with van der Waals surface area (Å²) in [7, 11) is 0. The third-order valence-corrected chi connectivity index (χ3v) is 2.74. The smallest absolute Gasteiger partial charge is 0.238 e. The molecule has 1 fully saturated rings. The van der Waals surface area contributed by atoms with Crippen molar-refractivity contribution in [2.75, 3.05) is 13.1 Å². The number of piperidine rings is 1. The Hall–Kier alpha value is -1.10. The quantitative estimate of drug-likeness (QED) is 0.381. The second-order valence-electron chi connectivity index (χ2n) is 4.29. The van der Waals surface area contributed by atoms with Gasteiger partial charge in [0.05, 0.1) is 5.92 Å². The van der Waals surface area contributed by atoms with Crippen LogP contribution in [0.1, 0.15) is 26.7 Å². The Bertz CT molecular complexity index is 253. The number of carbonyl (C=O) groups is 2. The molecule has 1 saturated heterocycles. The Balaban J connectivity index is 2.56. The molecule has 86 valence electrons. The van der Waals surface area contributed by atoms with Crippen molar-refractivity contribution in [2.24, 2.45) is 17.7 Å². The van der Waals surface area contributed by atoms with Gasteiger partial charge in [0.15, 0.2) is 0 Å². The predicted molar refractivity (Wildman–Crippen MR) is 56.5 cm³/mol. The molecule has 0 saturated carbocycles. The number of amides is 2. The van der Waals surface area contributed by atoms with Gasteiger partial charge in [0.25, 0.3) is 0 Å². The van der Waals surface area contributed by atoms with E-state index >= 15 is 0 Å². The van der Waals surface area contributed by atoms with E-state index in [0.717, 1.165) is 19.4 Å². The lowest BCUT2D eigenvalue weighted by Crippen LogP contribution is -2.47. The van der Waals surface area contributed by atoms with Crippen molar-refractivity contribution in [3.63, 3.8) is 0 Å². The van der Waals surface area contributed by atoms with E-state index < -0.39 is 0 Å². The van der Waals surface area contributed by atoms with Crippen LogP contribution < -0.4 is 11.3 Å². The summed E-state index contributed by atoms with van der Waals surface area (Å²) in [4.78, 5) is 24.8. The molecule has 1 atom stereocenters. The zero-order valence-corrected chi connectivity index (χ0v) is 9.32. The topological polar surface area (TPSA) is 75.4 Å². The summed E-state index contributed by atoms with van der Waals surface area (Å²) in [6.45, 7) is 5.00. The first-order chi connectivity index (χ1) is 7.06. The lowest BCUT2D eigenvalue weighted by Gasteiger charge is -2.32. The average molecular weight is 213 g/mol. The molecular weight excluding hydrogens is 194 g/mol. The van der Waals surface area contributed by atoms with Crippen LogP contribution in [-0.4, -0.2) is 29.8 Å². The molecule has 1 aliphatic heterocycles. The van der Waals surface area contributed by atoms with Crippen LogP contribution in [0, 0.1) is 11.8 Å². The van der Waals surface area contributed by atoms with Gasteiger partial charge in [-0.1, -0.05) is 13.8 Å². The van der Waals surface area contributed by atoms with E-state index in [1.165, 1.54) is 0 Å². The molecule has 0 aromatic heterocycles. The molecule has 1 rings (SSSR count). The van der Waals surface area contributed by atoms with E-state index in [4.69, 9.17) is 5.84 Å². The highest BCUT2D eigenvalue weighted by Crippen LogP contribution is 2.18. The molecule has 0 aromatic rings. The number of nitrogens with one attached hydrogen (secondary N) is 1. The van der Waals surface area contributed by atoms with Crippen molar-refractivity contribution in [2.45, 2.75) is 26.7 Å². The lowest BCUT2D eigenvalue weighted by atomic mass is 9.96. The van der Waals surface area contributed by atoms with Gasteiger partial charge in [0.2, 0.25) is 11.8 Å². The van der Waals surface area contributed by atoms with E-state index in [9.17, 15) is 9.59 Å². The molecule has 0 aliphatic carbocycles. The second kappa shape index (κ2) is 5.11. The molecule has 1 unspecified atom stereocenters. The van der Waals surface area contributed by atoms with E-state index in [2.05, 4.69) is 5.43 Å². The van der Waals surface area contributed by atoms with E-state index in [1.807, 2.05) is 13.8 Å². The number of hydrazine groups is 1. The first-order valence-corrected chi connectivity index (χ1v) is 5.35. The Morgan fingerprint density at radius 1 is 1.47 bits per heavy atom. The monoisotopic (exact) mass is 213 g/mol. The van der Waals surface area contributed by atoms with Gasteiger partial charge in [0, 0.05) is 19.0 Å². The SMILES string of the molecule is CC(C)C(=O)N1CCCC(C(=O)NN)C1. The van der Waals surface area contributed by atoms with Gasteiger partial charge in [-0.05, 0) is 12.8 Å². The fraction of sp³-hybridized carbons (Fsp3) is 0.800. The first-order valence-electron chi connectivity index (χ1n) is 5.35. The molecule has 0 radical (unpaired) electrons. The van der Waals surface area contributed by atoms with Gasteiger partial charge in [-0.15, -0.1) is 0 Å². The van der Waals surface area contributed by atoms with Crippen LogP contribution in [0.25, 0.3) is 0 Å². The first kappa shape index (κ1) is 12.0. The van der Waals surface area contributed by atoms with Crippen molar-refractivity contribution >= 4 is 11.8 Å². The highest BCUT2D eigenvalue weighted by Gasteiger charge is 2.28. The van der Waals surface area contributed by atoms with E-state index in [1.54, 1.807) is 4.90 Å². The molecule has 0 spiro atoms. The maximum absolute atomic E-state index is 11.7. The van der Waals surface area contributed by atoms with Crippen LogP contribution in [-0.2, 0) is 9.59 Å². The van der Waals surface area contributed by atoms with Gasteiger partial charge in [-0.3, -0.25) is 15.0 Å². The molecule has 5 nitrogen and oxygen atoms in total. The zero-order valence-electron chi connectivity index (χ0n) is 9.32. The Kier molecular flexibility index (Phi) is 4.08. The molecule has 3 N–H and O–H groups in total. The molecule has 5 heteroatoms. The van der Waals surface area contributed by atoms with Crippen LogP contribution >= 0.6 is 0 Å². The minimum absolute atomic E-state index is 0.00955. The van der Waals surface area contributed by atoms with Crippen LogP contribution in [0.15, 0.2) is 0 Å². The summed E-state index contributed by atoms with van der Waals surface area (Å²) in [6, 6.07) is 0. The third kappa shape index (κ3) is 2.92. The number of nitrogens with two attached hydrogens (primary N) is 1. The van der Waals surface area contributed by atoms with Crippen molar-refractivity contribution in [1.29, 1.82) is 0 Å². The predicted octanol–water partition coefficient (Wildman–Crippen LogP) is -0.129. The van der Waals surface area contributed by atoms with Crippen LogP contribution in [0.4, 0.5) is 0 Å². The molecule has 1 aliphatic rings. The van der Waals surface area contributed by atoms with Gasteiger partial charge in [-0.25, -0.2) is 5.84 Å². The zero-order chi connectivity index (χ0) is 11.4. The van der Waals surface area contributed by atoms with E-state index in [-0.39, 0.29) is 23.7 Å². The normalized spacial score (nSPS) is 21.6. The van der Waals surface area contributed by atoms with Gasteiger partial charge < -0.3 is 4.90 Å². The molecule has 2 amide bonds. The molecule has 1 heterocycles. The van der Waals surface area contributed by atoms with Crippen molar-refractivity contribution < 1.29 is 9.59 Å². The average Bonchev–Trinajstić information content (AvgIpc) is 2.27. The summed E-state index contributed by atoms with van der Waals surface area (Å²) in [5.74, 6) is 4.87. The number of rotatable bonds is 2. The molecule has 0 aromatic carbocycles. The summed E-state index contributed by atoms with van der Waals surface area (Å²) in [5, 5.41) is 0. The molecule has 0 bridgehead atoms. The van der Waals surface area contributed by atoms with Gasteiger partial charge in [-0.2, -0.15) is 0 Å². The highest BCUT2D eigenvalue weighted by atomic mass is 16.2. The highest BCUT2D eigenvalue weighted by molar-refractivity contribution is 5.81. The Labute approximate surface area is 90.0 Å². The van der Waals surface area contributed by atoms with Gasteiger partial charge >= 0.3 is 0 Å². The molecule has 15 heavy (non-hydrogen) atoms. The maximum Gasteiger partial charge on any atom is 0.238 e. The number of hydrogen-bond donors (Lipinski definition) is 2. The van der Waals surface area contributed by atoms with Crippen molar-refractivity contribution in [3.05, 3.63) is 0 Å². The van der Waals surface area contributed by atoms with E-state index in [0.29, 0.717) is 6.54 Å². The minimum atomic E-state index is -0.170. The fourth-order valence-corrected chi connectivity index (χ4v) is 1.87. The second-order valence-corrected chi connectivity index (χ2v) is 4.29. The van der Waals surface area contributed by atoms with Crippen LogP contribution in [0.2, 0.25) is 0 Å². The standard InChI is InChI=1S/C10H19N3O2/c1-7(2)10(15)13-5-3-4-8(6-13)9(14)12-11/h7-8H,3-6,11H2,1-2H3,(H,12,14). The van der Waals surface area contributed by atoms with Crippen LogP contribution in [0.5, 0.6) is 0 Å². The lowest BCUT2D eigenvalue weighted by molar-refractivity contribution is -0.138. The summed E-state index contributed by atoms with van der Waals surface area (Å²) >= 11 is 0. The number of nitrogens with zero attached hydrogens (tertiary/aromatic N) is 1.